The average molecular weight is 577 g/mol. The highest BCUT2D eigenvalue weighted by Crippen LogP contribution is 2.46. The van der Waals surface area contributed by atoms with Crippen LogP contribution in [0.15, 0.2) is 30.3 Å². The predicted octanol–water partition coefficient (Wildman–Crippen LogP) is 6.59. The maximum atomic E-state index is 13.8. The standard InChI is InChI=1S/C33H52O8/c1-8-9-10-11-12-13-14-15-16-20-23-32(28(35)40-30(2,3)4)33(37,29(36)41-31(5,6)7)26(27(34)39-32)38-24-25-21-18-17-19-22-25/h17-19,21-22,26,37H,8-16,20,23-24H2,1-7H3/t26-,32+,33-/m1/s1. The molecular formula is C33H52O8. The number of hydrogen-bond donors (Lipinski definition) is 1. The molecule has 41 heavy (non-hydrogen) atoms. The molecule has 0 spiro atoms. The Labute approximate surface area is 246 Å². The Morgan fingerprint density at radius 1 is 0.805 bits per heavy atom. The zero-order valence-electron chi connectivity index (χ0n) is 26.3. The van der Waals surface area contributed by atoms with Crippen molar-refractivity contribution in [2.75, 3.05) is 0 Å². The summed E-state index contributed by atoms with van der Waals surface area (Å²) in [5, 5.41) is 12.2. The molecule has 1 aliphatic heterocycles. The second kappa shape index (κ2) is 15.1. The van der Waals surface area contributed by atoms with Crippen LogP contribution < -0.4 is 0 Å². The molecule has 0 unspecified atom stereocenters. The number of hydrogen-bond acceptors (Lipinski definition) is 8. The molecule has 1 aromatic carbocycles. The van der Waals surface area contributed by atoms with E-state index in [4.69, 9.17) is 18.9 Å². The fourth-order valence-corrected chi connectivity index (χ4v) is 5.02. The molecule has 1 aromatic rings. The highest BCUT2D eigenvalue weighted by atomic mass is 16.7. The van der Waals surface area contributed by atoms with Gasteiger partial charge >= 0.3 is 17.9 Å². The zero-order chi connectivity index (χ0) is 30.7. The normalized spacial score (nSPS) is 22.8. The van der Waals surface area contributed by atoms with Gasteiger partial charge in [-0.2, -0.15) is 0 Å². The fraction of sp³-hybridized carbons (Fsp3) is 0.727. The summed E-state index contributed by atoms with van der Waals surface area (Å²) >= 11 is 0. The van der Waals surface area contributed by atoms with Gasteiger partial charge < -0.3 is 24.1 Å². The van der Waals surface area contributed by atoms with Gasteiger partial charge in [0, 0.05) is 6.42 Å². The van der Waals surface area contributed by atoms with Crippen molar-refractivity contribution in [1.82, 2.24) is 0 Å². The van der Waals surface area contributed by atoms with Crippen LogP contribution in [0.2, 0.25) is 0 Å². The number of ether oxygens (including phenoxy) is 4. The van der Waals surface area contributed by atoms with Crippen molar-refractivity contribution < 1.29 is 38.4 Å². The predicted molar refractivity (Wildman–Crippen MR) is 157 cm³/mol. The van der Waals surface area contributed by atoms with E-state index in [0.29, 0.717) is 6.42 Å². The number of benzene rings is 1. The third-order valence-corrected chi connectivity index (χ3v) is 7.06. The van der Waals surface area contributed by atoms with Crippen LogP contribution in [0.4, 0.5) is 0 Å². The lowest BCUT2D eigenvalue weighted by Crippen LogP contribution is -2.67. The van der Waals surface area contributed by atoms with Crippen LogP contribution >= 0.6 is 0 Å². The number of carbonyl (C=O) groups is 3. The summed E-state index contributed by atoms with van der Waals surface area (Å²) < 4.78 is 22.8. The highest BCUT2D eigenvalue weighted by molar-refractivity contribution is 6.03. The van der Waals surface area contributed by atoms with Crippen molar-refractivity contribution in [1.29, 1.82) is 0 Å². The molecule has 1 fully saturated rings. The molecule has 0 amide bonds. The molecule has 0 radical (unpaired) electrons. The lowest BCUT2D eigenvalue weighted by Gasteiger charge is -2.40. The minimum Gasteiger partial charge on any atom is -0.458 e. The maximum Gasteiger partial charge on any atom is 0.355 e. The fourth-order valence-electron chi connectivity index (χ4n) is 5.02. The first kappa shape index (κ1) is 34.7. The third-order valence-electron chi connectivity index (χ3n) is 7.06. The van der Waals surface area contributed by atoms with Crippen LogP contribution in [0, 0.1) is 0 Å². The molecule has 0 aromatic heterocycles. The lowest BCUT2D eigenvalue weighted by molar-refractivity contribution is -0.224. The molecule has 8 heteroatoms. The van der Waals surface area contributed by atoms with E-state index in [1.54, 1.807) is 53.7 Å². The first-order valence-electron chi connectivity index (χ1n) is 15.2. The molecule has 0 saturated carbocycles. The Morgan fingerprint density at radius 3 is 1.80 bits per heavy atom. The first-order chi connectivity index (χ1) is 19.2. The van der Waals surface area contributed by atoms with E-state index in [1.165, 1.54) is 32.1 Å². The largest absolute Gasteiger partial charge is 0.458 e. The summed E-state index contributed by atoms with van der Waals surface area (Å²) in [6, 6.07) is 9.03. The van der Waals surface area contributed by atoms with Crippen LogP contribution in [-0.4, -0.2) is 51.5 Å². The molecule has 1 saturated heterocycles. The molecule has 0 bridgehead atoms. The van der Waals surface area contributed by atoms with E-state index in [0.717, 1.165) is 31.2 Å². The number of esters is 3. The van der Waals surface area contributed by atoms with E-state index in [-0.39, 0.29) is 13.0 Å². The second-order valence-electron chi connectivity index (χ2n) is 13.1. The minimum absolute atomic E-state index is 0.0889. The average Bonchev–Trinajstić information content (AvgIpc) is 3.10. The molecule has 2 rings (SSSR count). The van der Waals surface area contributed by atoms with Gasteiger partial charge in [-0.15, -0.1) is 0 Å². The van der Waals surface area contributed by atoms with Crippen molar-refractivity contribution in [2.24, 2.45) is 0 Å². The molecular weight excluding hydrogens is 524 g/mol. The van der Waals surface area contributed by atoms with E-state index >= 15 is 0 Å². The smallest absolute Gasteiger partial charge is 0.355 e. The Kier molecular flexibility index (Phi) is 12.8. The van der Waals surface area contributed by atoms with E-state index in [1.807, 2.05) is 18.2 Å². The van der Waals surface area contributed by atoms with Gasteiger partial charge in [0.25, 0.3) is 11.2 Å². The SMILES string of the molecule is CCCCCCCCCCCC[C@@]1(C(=O)OC(C)(C)C)OC(=O)[C@@H](OCc2ccccc2)[C@@]1(O)C(=O)OC(C)(C)C. The van der Waals surface area contributed by atoms with Crippen molar-refractivity contribution in [2.45, 2.75) is 154 Å². The van der Waals surface area contributed by atoms with E-state index < -0.39 is 46.4 Å². The lowest BCUT2D eigenvalue weighted by atomic mass is 9.76. The van der Waals surface area contributed by atoms with Crippen molar-refractivity contribution in [3.63, 3.8) is 0 Å². The summed E-state index contributed by atoms with van der Waals surface area (Å²) in [6.45, 7) is 12.1. The van der Waals surface area contributed by atoms with Crippen LogP contribution in [0.1, 0.15) is 125 Å². The van der Waals surface area contributed by atoms with Crippen LogP contribution in [0.3, 0.4) is 0 Å². The molecule has 1 heterocycles. The van der Waals surface area contributed by atoms with Gasteiger partial charge in [0.05, 0.1) is 6.61 Å². The number of unbranched alkanes of at least 4 members (excludes halogenated alkanes) is 9. The Morgan fingerprint density at radius 2 is 1.29 bits per heavy atom. The molecule has 232 valence electrons. The monoisotopic (exact) mass is 576 g/mol. The van der Waals surface area contributed by atoms with Crippen molar-refractivity contribution >= 4 is 17.9 Å². The van der Waals surface area contributed by atoms with Gasteiger partial charge in [0.15, 0.2) is 6.10 Å². The summed E-state index contributed by atoms with van der Waals surface area (Å²) in [5.41, 5.74) is -6.34. The van der Waals surface area contributed by atoms with Gasteiger partial charge in [-0.1, -0.05) is 95.0 Å². The van der Waals surface area contributed by atoms with Crippen molar-refractivity contribution in [3.8, 4) is 0 Å². The summed E-state index contributed by atoms with van der Waals surface area (Å²) in [4.78, 5) is 40.9. The second-order valence-corrected chi connectivity index (χ2v) is 13.1. The van der Waals surface area contributed by atoms with Crippen molar-refractivity contribution in [3.05, 3.63) is 35.9 Å². The number of cyclic esters (lactones) is 1. The molecule has 8 nitrogen and oxygen atoms in total. The van der Waals surface area contributed by atoms with Gasteiger partial charge in [0.1, 0.15) is 11.2 Å². The van der Waals surface area contributed by atoms with E-state index in [9.17, 15) is 19.5 Å². The zero-order valence-corrected chi connectivity index (χ0v) is 26.3. The molecule has 3 atom stereocenters. The van der Waals surface area contributed by atoms with E-state index in [2.05, 4.69) is 6.92 Å². The summed E-state index contributed by atoms with van der Waals surface area (Å²) in [5.74, 6) is -3.16. The Bertz CT molecular complexity index is 977. The Balaban J connectivity index is 2.32. The van der Waals surface area contributed by atoms with Gasteiger partial charge in [-0.25, -0.2) is 14.4 Å². The van der Waals surface area contributed by atoms with Gasteiger partial charge in [-0.05, 0) is 53.5 Å². The number of rotatable bonds is 16. The quantitative estimate of drug-likeness (QED) is 0.133. The maximum absolute atomic E-state index is 13.8. The van der Waals surface area contributed by atoms with Gasteiger partial charge in [0.2, 0.25) is 0 Å². The topological polar surface area (TPSA) is 108 Å². The summed E-state index contributed by atoms with van der Waals surface area (Å²) in [7, 11) is 0. The molecule has 1 N–H and O–H groups in total. The summed E-state index contributed by atoms with van der Waals surface area (Å²) in [6.07, 6.45) is 8.55. The van der Waals surface area contributed by atoms with Crippen LogP contribution in [0.25, 0.3) is 0 Å². The first-order valence-corrected chi connectivity index (χ1v) is 15.2. The minimum atomic E-state index is -2.76. The number of aliphatic hydroxyl groups is 1. The number of carbonyl (C=O) groups excluding carboxylic acids is 3. The Hall–Kier alpha value is -2.45. The van der Waals surface area contributed by atoms with Crippen LogP contribution in [0.5, 0.6) is 0 Å². The highest BCUT2D eigenvalue weighted by Gasteiger charge is 2.77. The van der Waals surface area contributed by atoms with Gasteiger partial charge in [-0.3, -0.25) is 0 Å². The third kappa shape index (κ3) is 9.81. The molecule has 1 aliphatic rings. The van der Waals surface area contributed by atoms with Crippen LogP contribution in [-0.2, 0) is 39.9 Å². The molecule has 0 aliphatic carbocycles.